The summed E-state index contributed by atoms with van der Waals surface area (Å²) in [6, 6.07) is 9.24. The molecule has 214 valence electrons. The first-order valence-electron chi connectivity index (χ1n) is 12.5. The molecule has 1 saturated heterocycles. The lowest BCUT2D eigenvalue weighted by atomic mass is 10.2. The lowest BCUT2D eigenvalue weighted by molar-refractivity contribution is -0.210. The fraction of sp³-hybridized carbons (Fsp3) is 0.400. The Morgan fingerprint density at radius 3 is 2.60 bits per heavy atom. The zero-order valence-corrected chi connectivity index (χ0v) is 21.6. The Morgan fingerprint density at radius 1 is 1.15 bits per heavy atom. The molecule has 5 rings (SSSR count). The van der Waals surface area contributed by atoms with Crippen LogP contribution in [0.2, 0.25) is 0 Å². The van der Waals surface area contributed by atoms with Gasteiger partial charge in [0.25, 0.3) is 0 Å². The molecule has 0 bridgehead atoms. The predicted molar refractivity (Wildman–Crippen MR) is 139 cm³/mol. The molecule has 40 heavy (non-hydrogen) atoms. The average Bonchev–Trinajstić information content (AvgIpc) is 3.61. The average molecular weight is 565 g/mol. The number of hydrogen-bond acceptors (Lipinski definition) is 10. The van der Waals surface area contributed by atoms with E-state index >= 15 is 0 Å². The van der Waals surface area contributed by atoms with Crippen LogP contribution >= 0.6 is 0 Å². The highest BCUT2D eigenvalue weighted by molar-refractivity contribution is 5.61. The van der Waals surface area contributed by atoms with Gasteiger partial charge >= 0.3 is 6.18 Å². The molecular formula is C25H28F4N8O3. The maximum absolute atomic E-state index is 14.7. The van der Waals surface area contributed by atoms with Crippen LogP contribution in [0.5, 0.6) is 5.75 Å². The van der Waals surface area contributed by atoms with Gasteiger partial charge in [0.2, 0.25) is 11.9 Å². The van der Waals surface area contributed by atoms with E-state index in [1.807, 2.05) is 16.8 Å². The van der Waals surface area contributed by atoms with Gasteiger partial charge in [-0.1, -0.05) is 0 Å². The second-order valence-electron chi connectivity index (χ2n) is 9.39. The fourth-order valence-corrected chi connectivity index (χ4v) is 4.32. The predicted octanol–water partition coefficient (Wildman–Crippen LogP) is 2.67. The van der Waals surface area contributed by atoms with Gasteiger partial charge in [-0.25, -0.2) is 4.39 Å². The Bertz CT molecular complexity index is 1440. The largest absolute Gasteiger partial charge is 0.490 e. The lowest BCUT2D eigenvalue weighted by Crippen LogP contribution is -2.48. The fourth-order valence-electron chi connectivity index (χ4n) is 4.32. The van der Waals surface area contributed by atoms with Gasteiger partial charge in [-0.05, 0) is 24.3 Å². The van der Waals surface area contributed by atoms with Crippen molar-refractivity contribution in [3.63, 3.8) is 0 Å². The first-order chi connectivity index (χ1) is 19.1. The minimum atomic E-state index is -4.80. The minimum Gasteiger partial charge on any atom is -0.490 e. The van der Waals surface area contributed by atoms with Crippen LogP contribution in [0.15, 0.2) is 47.1 Å². The molecule has 1 aliphatic heterocycles. The topological polar surface area (TPSA) is 121 Å². The summed E-state index contributed by atoms with van der Waals surface area (Å²) in [6.07, 6.45) is -5.88. The highest BCUT2D eigenvalue weighted by Gasteiger charge is 2.38. The van der Waals surface area contributed by atoms with Gasteiger partial charge < -0.3 is 29.8 Å². The van der Waals surface area contributed by atoms with E-state index < -0.39 is 24.7 Å². The van der Waals surface area contributed by atoms with Crippen molar-refractivity contribution in [3.8, 4) is 17.2 Å². The molecule has 3 N–H and O–H groups in total. The summed E-state index contributed by atoms with van der Waals surface area (Å²) in [5, 5.41) is 13.5. The van der Waals surface area contributed by atoms with E-state index in [1.54, 1.807) is 24.5 Å². The highest BCUT2D eigenvalue weighted by Crippen LogP contribution is 2.27. The Morgan fingerprint density at radius 2 is 1.93 bits per heavy atom. The van der Waals surface area contributed by atoms with Crippen LogP contribution in [-0.2, 0) is 0 Å². The van der Waals surface area contributed by atoms with E-state index in [0.29, 0.717) is 68.0 Å². The normalized spacial score (nSPS) is 15.5. The van der Waals surface area contributed by atoms with Crippen LogP contribution in [0.4, 0.5) is 35.1 Å². The molecule has 15 heteroatoms. The molecule has 1 unspecified atom stereocenters. The molecule has 3 aromatic heterocycles. The molecule has 4 aromatic rings. The zero-order valence-electron chi connectivity index (χ0n) is 21.6. The maximum atomic E-state index is 14.7. The van der Waals surface area contributed by atoms with Gasteiger partial charge in [-0.3, -0.25) is 4.90 Å². The third kappa shape index (κ3) is 6.04. The second-order valence-corrected chi connectivity index (χ2v) is 9.39. The van der Waals surface area contributed by atoms with Crippen molar-refractivity contribution in [3.05, 3.63) is 48.5 Å². The monoisotopic (exact) mass is 564 g/mol. The number of nitrogens with two attached hydrogens (primary N) is 1. The van der Waals surface area contributed by atoms with Crippen LogP contribution in [0, 0.1) is 5.82 Å². The first-order valence-corrected chi connectivity index (χ1v) is 12.5. The molecule has 11 nitrogen and oxygen atoms in total. The summed E-state index contributed by atoms with van der Waals surface area (Å²) in [4.78, 5) is 15.0. The van der Waals surface area contributed by atoms with Gasteiger partial charge in [0, 0.05) is 58.4 Å². The van der Waals surface area contributed by atoms with Gasteiger partial charge in [0.05, 0.1) is 12.0 Å². The standard InChI is InChI=1S/C25H28F4N8O3/c1-34(24-31-22-14-18(20-3-2-12-39-20)33-37(22)23(30)32-24)6-7-35-8-10-36(11-9-35)19-5-4-16(13-17(19)26)40-15-21(38)25(27,28)29/h2-5,12-14,21,38H,6-11,15H2,1H3,(H2,30,31,32). The van der Waals surface area contributed by atoms with Crippen molar-refractivity contribution in [2.75, 3.05) is 68.5 Å². The number of furan rings is 1. The number of hydrogen-bond donors (Lipinski definition) is 2. The van der Waals surface area contributed by atoms with Crippen LogP contribution < -0.4 is 20.3 Å². The van der Waals surface area contributed by atoms with Gasteiger partial charge in [0.1, 0.15) is 23.9 Å². The van der Waals surface area contributed by atoms with E-state index in [0.717, 1.165) is 6.07 Å². The number of ether oxygens (including phenoxy) is 1. The Hall–Kier alpha value is -4.11. The van der Waals surface area contributed by atoms with Crippen molar-refractivity contribution >= 4 is 23.2 Å². The smallest absolute Gasteiger partial charge is 0.417 e. The van der Waals surface area contributed by atoms with Gasteiger partial charge in [-0.2, -0.15) is 32.8 Å². The number of aromatic nitrogens is 4. The molecule has 0 aliphatic carbocycles. The van der Waals surface area contributed by atoms with Crippen LogP contribution in [0.25, 0.3) is 17.1 Å². The quantitative estimate of drug-likeness (QED) is 0.294. The van der Waals surface area contributed by atoms with E-state index in [9.17, 15) is 17.6 Å². The SMILES string of the molecule is CN(CCN1CCN(c2ccc(OCC(O)C(F)(F)F)cc2F)CC1)c1nc(N)n2nc(-c3ccco3)cc2n1. The molecule has 1 fully saturated rings. The molecule has 0 radical (unpaired) electrons. The third-order valence-corrected chi connectivity index (χ3v) is 6.62. The van der Waals surface area contributed by atoms with Crippen molar-refractivity contribution < 1.29 is 31.8 Å². The number of aliphatic hydroxyl groups is 1. The third-order valence-electron chi connectivity index (χ3n) is 6.62. The van der Waals surface area contributed by atoms with E-state index in [4.69, 9.17) is 20.0 Å². The number of likely N-dealkylation sites (N-methyl/N-ethyl adjacent to an activating group) is 1. The number of fused-ring (bicyclic) bond motifs is 1. The highest BCUT2D eigenvalue weighted by atomic mass is 19.4. The molecule has 1 aromatic carbocycles. The molecule has 0 saturated carbocycles. The number of halogens is 4. The number of nitrogens with zero attached hydrogens (tertiary/aromatic N) is 7. The molecule has 0 spiro atoms. The number of benzene rings is 1. The maximum Gasteiger partial charge on any atom is 0.417 e. The Labute approximate surface area is 226 Å². The Kier molecular flexibility index (Phi) is 7.67. The molecule has 4 heterocycles. The summed E-state index contributed by atoms with van der Waals surface area (Å²) in [5.74, 6) is 0.576. The number of anilines is 3. The molecular weight excluding hydrogens is 536 g/mol. The van der Waals surface area contributed by atoms with Gasteiger partial charge in [0.15, 0.2) is 17.5 Å². The second kappa shape index (κ2) is 11.2. The molecule has 1 aliphatic rings. The lowest BCUT2D eigenvalue weighted by Gasteiger charge is -2.36. The molecule has 1 atom stereocenters. The number of rotatable bonds is 9. The first kappa shape index (κ1) is 27.5. The number of nitrogen functional groups attached to an aromatic ring is 1. The summed E-state index contributed by atoms with van der Waals surface area (Å²) < 4.78 is 63.8. The van der Waals surface area contributed by atoms with Crippen molar-refractivity contribution in [1.82, 2.24) is 24.5 Å². The van der Waals surface area contributed by atoms with Crippen LogP contribution in [0.3, 0.4) is 0 Å². The summed E-state index contributed by atoms with van der Waals surface area (Å²) in [7, 11) is 1.87. The summed E-state index contributed by atoms with van der Waals surface area (Å²) in [6.45, 7) is 2.82. The van der Waals surface area contributed by atoms with Crippen LogP contribution in [-0.4, -0.2) is 94.8 Å². The number of piperazine rings is 1. The van der Waals surface area contributed by atoms with Crippen molar-refractivity contribution in [1.29, 1.82) is 0 Å². The van der Waals surface area contributed by atoms with E-state index in [2.05, 4.69) is 20.0 Å². The van der Waals surface area contributed by atoms with E-state index in [-0.39, 0.29) is 11.7 Å². The minimum absolute atomic E-state index is 0.0830. The van der Waals surface area contributed by atoms with Crippen molar-refractivity contribution in [2.45, 2.75) is 12.3 Å². The summed E-state index contributed by atoms with van der Waals surface area (Å²) in [5.41, 5.74) is 7.61. The van der Waals surface area contributed by atoms with Gasteiger partial charge in [-0.15, -0.1) is 0 Å². The number of aliphatic hydroxyl groups excluding tert-OH is 1. The molecule has 0 amide bonds. The number of alkyl halides is 3. The van der Waals surface area contributed by atoms with Crippen LogP contribution in [0.1, 0.15) is 0 Å². The van der Waals surface area contributed by atoms with Crippen molar-refractivity contribution in [2.24, 2.45) is 0 Å². The summed E-state index contributed by atoms with van der Waals surface area (Å²) >= 11 is 0. The Balaban J connectivity index is 1.13. The zero-order chi connectivity index (χ0) is 28.4. The van der Waals surface area contributed by atoms with E-state index in [1.165, 1.54) is 16.6 Å².